The highest BCUT2D eigenvalue weighted by Gasteiger charge is 2.18. The normalized spacial score (nSPS) is 17.7. The maximum atomic E-state index is 5.58. The van der Waals surface area contributed by atoms with Crippen LogP contribution in [-0.4, -0.2) is 23.2 Å². The molecule has 1 aliphatic rings. The van der Waals surface area contributed by atoms with Gasteiger partial charge >= 0.3 is 0 Å². The summed E-state index contributed by atoms with van der Waals surface area (Å²) in [6, 6.07) is 9.64. The highest BCUT2D eigenvalue weighted by molar-refractivity contribution is 5.85. The number of hydrogen-bond acceptors (Lipinski definition) is 5. The molecule has 2 aromatic rings. The van der Waals surface area contributed by atoms with Crippen LogP contribution in [-0.2, 0) is 13.0 Å². The summed E-state index contributed by atoms with van der Waals surface area (Å²) in [5, 5.41) is 7.27. The number of benzene rings is 1. The molecule has 0 spiro atoms. The van der Waals surface area contributed by atoms with E-state index in [0.717, 1.165) is 25.3 Å². The molecule has 0 radical (unpaired) electrons. The van der Waals surface area contributed by atoms with Crippen LogP contribution >= 0.6 is 12.4 Å². The second-order valence-corrected chi connectivity index (χ2v) is 4.77. The van der Waals surface area contributed by atoms with Crippen LogP contribution in [0.2, 0.25) is 0 Å². The number of ether oxygens (including phenoxy) is 1. The fourth-order valence-corrected chi connectivity index (χ4v) is 2.23. The highest BCUT2D eigenvalue weighted by Crippen LogP contribution is 2.15. The zero-order valence-corrected chi connectivity index (χ0v) is 11.9. The monoisotopic (exact) mass is 295 g/mol. The number of halogens is 1. The Morgan fingerprint density at radius 3 is 2.90 bits per heavy atom. The van der Waals surface area contributed by atoms with E-state index in [4.69, 9.17) is 9.26 Å². The molecule has 1 aliphatic heterocycles. The molecule has 1 fully saturated rings. The smallest absolute Gasteiger partial charge is 0.227 e. The fraction of sp³-hybridized carbons (Fsp3) is 0.429. The van der Waals surface area contributed by atoms with E-state index in [1.165, 1.54) is 6.42 Å². The van der Waals surface area contributed by atoms with E-state index < -0.39 is 0 Å². The third kappa shape index (κ3) is 3.95. The summed E-state index contributed by atoms with van der Waals surface area (Å²) in [5.41, 5.74) is 0. The molecule has 0 aliphatic carbocycles. The van der Waals surface area contributed by atoms with E-state index in [-0.39, 0.29) is 12.4 Å². The third-order valence-corrected chi connectivity index (χ3v) is 3.25. The van der Waals surface area contributed by atoms with Gasteiger partial charge in [0.1, 0.15) is 5.75 Å². The van der Waals surface area contributed by atoms with E-state index >= 15 is 0 Å². The van der Waals surface area contributed by atoms with Gasteiger partial charge in [-0.2, -0.15) is 4.98 Å². The van der Waals surface area contributed by atoms with Gasteiger partial charge in [-0.3, -0.25) is 0 Å². The van der Waals surface area contributed by atoms with Crippen molar-refractivity contribution in [3.05, 3.63) is 42.0 Å². The summed E-state index contributed by atoms with van der Waals surface area (Å²) in [6.45, 7) is 2.47. The summed E-state index contributed by atoms with van der Waals surface area (Å²) in [6.07, 6.45) is 2.03. The van der Waals surface area contributed by atoms with Crippen LogP contribution in [0.25, 0.3) is 0 Å². The van der Waals surface area contributed by atoms with Gasteiger partial charge in [0.2, 0.25) is 11.7 Å². The highest BCUT2D eigenvalue weighted by atomic mass is 35.5. The Morgan fingerprint density at radius 2 is 2.15 bits per heavy atom. The van der Waals surface area contributed by atoms with Crippen LogP contribution < -0.4 is 10.1 Å². The topological polar surface area (TPSA) is 60.2 Å². The van der Waals surface area contributed by atoms with E-state index in [0.29, 0.717) is 24.2 Å². The number of rotatable bonds is 5. The quantitative estimate of drug-likeness (QED) is 0.916. The van der Waals surface area contributed by atoms with Crippen LogP contribution in [0.1, 0.15) is 18.1 Å². The van der Waals surface area contributed by atoms with Gasteiger partial charge in [-0.1, -0.05) is 23.4 Å². The second kappa shape index (κ2) is 7.26. The molecule has 2 heterocycles. The number of nitrogens with one attached hydrogen (secondary N) is 1. The number of hydrogen-bond donors (Lipinski definition) is 1. The molecule has 1 aromatic carbocycles. The standard InChI is InChI=1S/C14H17N3O2.ClH/c1-2-4-12(5-3-1)18-10-13-16-14(19-17-13)8-11-6-7-15-9-11;/h1-5,11,15H,6-10H2;1H. The molecule has 20 heavy (non-hydrogen) atoms. The van der Waals surface area contributed by atoms with Crippen LogP contribution in [0.4, 0.5) is 0 Å². The summed E-state index contributed by atoms with van der Waals surface area (Å²) in [5.74, 6) is 2.74. The largest absolute Gasteiger partial charge is 0.485 e. The Bertz CT molecular complexity index is 512. The maximum Gasteiger partial charge on any atom is 0.227 e. The van der Waals surface area contributed by atoms with Crippen molar-refractivity contribution in [1.82, 2.24) is 15.5 Å². The summed E-state index contributed by atoms with van der Waals surface area (Å²) in [7, 11) is 0. The summed E-state index contributed by atoms with van der Waals surface area (Å²) < 4.78 is 10.8. The second-order valence-electron chi connectivity index (χ2n) is 4.77. The van der Waals surface area contributed by atoms with Crippen LogP contribution in [0.5, 0.6) is 5.75 Å². The van der Waals surface area contributed by atoms with E-state index in [9.17, 15) is 0 Å². The van der Waals surface area contributed by atoms with Gasteiger partial charge in [-0.15, -0.1) is 12.4 Å². The van der Waals surface area contributed by atoms with Crippen LogP contribution in [0, 0.1) is 5.92 Å². The predicted octanol–water partition coefficient (Wildman–Crippen LogP) is 2.22. The zero-order chi connectivity index (χ0) is 12.9. The molecule has 1 aromatic heterocycles. The van der Waals surface area contributed by atoms with Gasteiger partial charge in [-0.05, 0) is 37.6 Å². The molecule has 3 rings (SSSR count). The molecular weight excluding hydrogens is 278 g/mol. The Balaban J connectivity index is 0.00000147. The Labute approximate surface area is 124 Å². The van der Waals surface area contributed by atoms with Crippen molar-refractivity contribution in [2.24, 2.45) is 5.92 Å². The van der Waals surface area contributed by atoms with Crippen molar-refractivity contribution in [3.63, 3.8) is 0 Å². The van der Waals surface area contributed by atoms with Crippen LogP contribution in [0.15, 0.2) is 34.9 Å². The first-order valence-electron chi connectivity index (χ1n) is 6.60. The van der Waals surface area contributed by atoms with Gasteiger partial charge in [0.05, 0.1) is 0 Å². The molecule has 1 unspecified atom stereocenters. The molecule has 0 amide bonds. The lowest BCUT2D eigenvalue weighted by Crippen LogP contribution is -2.10. The molecule has 1 saturated heterocycles. The first-order chi connectivity index (χ1) is 9.40. The molecule has 1 atom stereocenters. The first kappa shape index (κ1) is 14.8. The van der Waals surface area contributed by atoms with Crippen molar-refractivity contribution in [1.29, 1.82) is 0 Å². The molecule has 6 heteroatoms. The number of aromatic nitrogens is 2. The molecular formula is C14H18ClN3O2. The van der Waals surface area contributed by atoms with E-state index in [2.05, 4.69) is 15.5 Å². The Hall–Kier alpha value is -1.59. The molecule has 0 saturated carbocycles. The Morgan fingerprint density at radius 1 is 1.30 bits per heavy atom. The molecule has 108 valence electrons. The van der Waals surface area contributed by atoms with Gasteiger partial charge in [0.15, 0.2) is 6.61 Å². The zero-order valence-electron chi connectivity index (χ0n) is 11.1. The van der Waals surface area contributed by atoms with Crippen molar-refractivity contribution < 1.29 is 9.26 Å². The lowest BCUT2D eigenvalue weighted by molar-refractivity contribution is 0.284. The lowest BCUT2D eigenvalue weighted by atomic mass is 10.1. The maximum absolute atomic E-state index is 5.58. The van der Waals surface area contributed by atoms with Crippen molar-refractivity contribution >= 4 is 12.4 Å². The Kier molecular flexibility index (Phi) is 5.38. The van der Waals surface area contributed by atoms with Crippen molar-refractivity contribution in [3.8, 4) is 5.75 Å². The average Bonchev–Trinajstić information content (AvgIpc) is 3.10. The van der Waals surface area contributed by atoms with Crippen molar-refractivity contribution in [2.45, 2.75) is 19.4 Å². The average molecular weight is 296 g/mol. The molecule has 0 bridgehead atoms. The van der Waals surface area contributed by atoms with E-state index in [1.807, 2.05) is 30.3 Å². The van der Waals surface area contributed by atoms with Crippen LogP contribution in [0.3, 0.4) is 0 Å². The molecule has 5 nitrogen and oxygen atoms in total. The van der Waals surface area contributed by atoms with Gasteiger partial charge in [-0.25, -0.2) is 0 Å². The lowest BCUT2D eigenvalue weighted by Gasteiger charge is -2.02. The van der Waals surface area contributed by atoms with E-state index in [1.54, 1.807) is 0 Å². The minimum absolute atomic E-state index is 0. The van der Waals surface area contributed by atoms with Gasteiger partial charge in [0.25, 0.3) is 0 Å². The number of para-hydroxylation sites is 1. The minimum atomic E-state index is 0. The number of nitrogens with zero attached hydrogens (tertiary/aromatic N) is 2. The predicted molar refractivity (Wildman–Crippen MR) is 77.0 cm³/mol. The fourth-order valence-electron chi connectivity index (χ4n) is 2.23. The minimum Gasteiger partial charge on any atom is -0.485 e. The van der Waals surface area contributed by atoms with Gasteiger partial charge < -0.3 is 14.6 Å². The first-order valence-corrected chi connectivity index (χ1v) is 6.60. The molecule has 1 N–H and O–H groups in total. The van der Waals surface area contributed by atoms with Gasteiger partial charge in [0, 0.05) is 6.42 Å². The summed E-state index contributed by atoms with van der Waals surface area (Å²) >= 11 is 0. The third-order valence-electron chi connectivity index (χ3n) is 3.25. The SMILES string of the molecule is Cl.c1ccc(OCc2noc(CC3CCNC3)n2)cc1. The van der Waals surface area contributed by atoms with Crippen molar-refractivity contribution in [2.75, 3.05) is 13.1 Å². The summed E-state index contributed by atoms with van der Waals surface area (Å²) in [4.78, 5) is 4.36.